The molecule has 1 amide bonds. The van der Waals surface area contributed by atoms with E-state index in [1.807, 2.05) is 42.5 Å². The van der Waals surface area contributed by atoms with Crippen LogP contribution >= 0.6 is 11.6 Å². The molecule has 0 saturated carbocycles. The second-order valence-corrected chi connectivity index (χ2v) is 4.53. The predicted molar refractivity (Wildman–Crippen MR) is 80.2 cm³/mol. The molecule has 0 aliphatic carbocycles. The van der Waals surface area contributed by atoms with Crippen molar-refractivity contribution in [2.45, 2.75) is 6.61 Å². The minimum absolute atomic E-state index is 0.210. The van der Waals surface area contributed by atoms with Gasteiger partial charge in [-0.2, -0.15) is 0 Å². The maximum Gasteiger partial charge on any atom is 0.411 e. The van der Waals surface area contributed by atoms with Gasteiger partial charge in [-0.05, 0) is 29.3 Å². The Morgan fingerprint density at radius 2 is 1.80 bits per heavy atom. The Bertz CT molecular complexity index is 579. The van der Waals surface area contributed by atoms with Crippen LogP contribution in [0.1, 0.15) is 11.1 Å². The van der Waals surface area contributed by atoms with E-state index in [1.54, 1.807) is 24.4 Å². The SMILES string of the molecule is O=C(NC=Cc1ccccc1)OCc1ccc(Cl)cc1. The molecule has 2 aromatic carbocycles. The van der Waals surface area contributed by atoms with Crippen molar-refractivity contribution in [2.24, 2.45) is 0 Å². The first kappa shape index (κ1) is 14.2. The number of amides is 1. The molecule has 0 saturated heterocycles. The van der Waals surface area contributed by atoms with Gasteiger partial charge in [-0.1, -0.05) is 54.1 Å². The zero-order chi connectivity index (χ0) is 14.2. The van der Waals surface area contributed by atoms with Gasteiger partial charge in [0.1, 0.15) is 6.61 Å². The molecular formula is C16H14ClNO2. The Hall–Kier alpha value is -2.26. The highest BCUT2D eigenvalue weighted by atomic mass is 35.5. The van der Waals surface area contributed by atoms with Crippen LogP contribution in [0.2, 0.25) is 5.02 Å². The summed E-state index contributed by atoms with van der Waals surface area (Å²) in [6.45, 7) is 0.210. The maximum absolute atomic E-state index is 11.5. The first-order valence-electron chi connectivity index (χ1n) is 6.13. The highest BCUT2D eigenvalue weighted by Crippen LogP contribution is 2.10. The number of rotatable bonds is 4. The molecule has 1 N–H and O–H groups in total. The lowest BCUT2D eigenvalue weighted by molar-refractivity contribution is 0.143. The number of benzene rings is 2. The van der Waals surface area contributed by atoms with Crippen molar-refractivity contribution in [1.29, 1.82) is 0 Å². The zero-order valence-corrected chi connectivity index (χ0v) is 11.5. The summed E-state index contributed by atoms with van der Waals surface area (Å²) in [5, 5.41) is 3.20. The number of ether oxygens (including phenoxy) is 1. The number of alkyl carbamates (subject to hydrolysis) is 1. The molecule has 0 aliphatic rings. The fraction of sp³-hybridized carbons (Fsp3) is 0.0625. The summed E-state index contributed by atoms with van der Waals surface area (Å²) < 4.78 is 5.06. The van der Waals surface area contributed by atoms with Gasteiger partial charge >= 0.3 is 6.09 Å². The third-order valence-electron chi connectivity index (χ3n) is 2.56. The van der Waals surface area contributed by atoms with Gasteiger partial charge in [0.05, 0.1) is 0 Å². The zero-order valence-electron chi connectivity index (χ0n) is 10.8. The molecule has 2 aromatic rings. The lowest BCUT2D eigenvalue weighted by atomic mass is 10.2. The number of hydrogen-bond donors (Lipinski definition) is 1. The van der Waals surface area contributed by atoms with Gasteiger partial charge in [0, 0.05) is 11.2 Å². The van der Waals surface area contributed by atoms with Crippen molar-refractivity contribution in [3.8, 4) is 0 Å². The summed E-state index contributed by atoms with van der Waals surface area (Å²) in [6.07, 6.45) is 2.86. The van der Waals surface area contributed by atoms with Gasteiger partial charge in [-0.25, -0.2) is 4.79 Å². The Labute approximate surface area is 122 Å². The lowest BCUT2D eigenvalue weighted by Crippen LogP contribution is -2.18. The van der Waals surface area contributed by atoms with E-state index in [-0.39, 0.29) is 6.61 Å². The molecule has 2 rings (SSSR count). The summed E-state index contributed by atoms with van der Waals surface area (Å²) >= 11 is 5.77. The number of carbonyl (C=O) groups excluding carboxylic acids is 1. The van der Waals surface area contributed by atoms with Crippen LogP contribution in [0.15, 0.2) is 60.8 Å². The number of nitrogens with one attached hydrogen (secondary N) is 1. The average molecular weight is 288 g/mol. The van der Waals surface area contributed by atoms with Crippen LogP contribution in [0.4, 0.5) is 4.79 Å². The normalized spacial score (nSPS) is 10.4. The second-order valence-electron chi connectivity index (χ2n) is 4.09. The van der Waals surface area contributed by atoms with Crippen molar-refractivity contribution in [3.05, 3.63) is 76.9 Å². The van der Waals surface area contributed by atoms with E-state index in [9.17, 15) is 4.79 Å². The fourth-order valence-corrected chi connectivity index (χ4v) is 1.67. The predicted octanol–water partition coefficient (Wildman–Crippen LogP) is 4.24. The largest absolute Gasteiger partial charge is 0.444 e. The molecule has 4 heteroatoms. The quantitative estimate of drug-likeness (QED) is 0.913. The summed E-state index contributed by atoms with van der Waals surface area (Å²) in [7, 11) is 0. The van der Waals surface area contributed by atoms with E-state index in [4.69, 9.17) is 16.3 Å². The summed E-state index contributed by atoms with van der Waals surface area (Å²) in [6, 6.07) is 16.8. The highest BCUT2D eigenvalue weighted by molar-refractivity contribution is 6.30. The van der Waals surface area contributed by atoms with E-state index >= 15 is 0 Å². The molecule has 0 unspecified atom stereocenters. The van der Waals surface area contributed by atoms with Crippen LogP contribution in [0.5, 0.6) is 0 Å². The molecule has 102 valence electrons. The minimum atomic E-state index is -0.493. The molecule has 3 nitrogen and oxygen atoms in total. The Morgan fingerprint density at radius 3 is 2.50 bits per heavy atom. The van der Waals surface area contributed by atoms with E-state index < -0.39 is 6.09 Å². The molecular weight excluding hydrogens is 274 g/mol. The van der Waals surface area contributed by atoms with Crippen LogP contribution < -0.4 is 5.32 Å². The van der Waals surface area contributed by atoms with Crippen molar-refractivity contribution < 1.29 is 9.53 Å². The highest BCUT2D eigenvalue weighted by Gasteiger charge is 2.00. The van der Waals surface area contributed by atoms with Gasteiger partial charge in [0.15, 0.2) is 0 Å². The molecule has 0 aliphatic heterocycles. The van der Waals surface area contributed by atoms with E-state index in [2.05, 4.69) is 5.32 Å². The van der Waals surface area contributed by atoms with Crippen molar-refractivity contribution in [3.63, 3.8) is 0 Å². The van der Waals surface area contributed by atoms with Crippen LogP contribution in [-0.4, -0.2) is 6.09 Å². The minimum Gasteiger partial charge on any atom is -0.444 e. The van der Waals surface area contributed by atoms with Gasteiger partial charge in [-0.3, -0.25) is 5.32 Å². The van der Waals surface area contributed by atoms with Gasteiger partial charge < -0.3 is 4.74 Å². The van der Waals surface area contributed by atoms with Crippen LogP contribution in [0, 0.1) is 0 Å². The summed E-state index contributed by atoms with van der Waals surface area (Å²) in [5.41, 5.74) is 1.89. The van der Waals surface area contributed by atoms with Gasteiger partial charge in [-0.15, -0.1) is 0 Å². The van der Waals surface area contributed by atoms with Gasteiger partial charge in [0.2, 0.25) is 0 Å². The molecule has 0 fully saturated rings. The third kappa shape index (κ3) is 4.78. The van der Waals surface area contributed by atoms with Crippen LogP contribution in [-0.2, 0) is 11.3 Å². The van der Waals surface area contributed by atoms with Crippen molar-refractivity contribution >= 4 is 23.8 Å². The third-order valence-corrected chi connectivity index (χ3v) is 2.81. The Morgan fingerprint density at radius 1 is 1.10 bits per heavy atom. The lowest BCUT2D eigenvalue weighted by Gasteiger charge is -2.04. The Kier molecular flexibility index (Phi) is 5.21. The maximum atomic E-state index is 11.5. The first-order valence-corrected chi connectivity index (χ1v) is 6.51. The van der Waals surface area contributed by atoms with Crippen LogP contribution in [0.3, 0.4) is 0 Å². The second kappa shape index (κ2) is 7.36. The molecule has 0 heterocycles. The average Bonchev–Trinajstić information content (AvgIpc) is 2.48. The molecule has 0 radical (unpaired) electrons. The molecule has 0 bridgehead atoms. The molecule has 0 spiro atoms. The van der Waals surface area contributed by atoms with Crippen molar-refractivity contribution in [1.82, 2.24) is 5.32 Å². The van der Waals surface area contributed by atoms with Crippen LogP contribution in [0.25, 0.3) is 6.08 Å². The van der Waals surface area contributed by atoms with Crippen molar-refractivity contribution in [2.75, 3.05) is 0 Å². The standard InChI is InChI=1S/C16H14ClNO2/c17-15-8-6-14(7-9-15)12-20-16(19)18-11-10-13-4-2-1-3-5-13/h1-11H,12H2,(H,18,19). The van der Waals surface area contributed by atoms with E-state index in [1.165, 1.54) is 0 Å². The molecule has 20 heavy (non-hydrogen) atoms. The summed E-state index contributed by atoms with van der Waals surface area (Å²) in [5.74, 6) is 0. The number of hydrogen-bond acceptors (Lipinski definition) is 2. The fourth-order valence-electron chi connectivity index (χ4n) is 1.54. The molecule has 0 aromatic heterocycles. The number of carbonyl (C=O) groups is 1. The summed E-state index contributed by atoms with van der Waals surface area (Å²) in [4.78, 5) is 11.5. The topological polar surface area (TPSA) is 38.3 Å². The van der Waals surface area contributed by atoms with E-state index in [0.29, 0.717) is 5.02 Å². The smallest absolute Gasteiger partial charge is 0.411 e. The van der Waals surface area contributed by atoms with Gasteiger partial charge in [0.25, 0.3) is 0 Å². The first-order chi connectivity index (χ1) is 9.74. The monoisotopic (exact) mass is 287 g/mol. The number of halogens is 1. The Balaban J connectivity index is 1.76. The molecule has 0 atom stereocenters. The van der Waals surface area contributed by atoms with E-state index in [0.717, 1.165) is 11.1 Å².